The number of esters is 1. The summed E-state index contributed by atoms with van der Waals surface area (Å²) >= 11 is 5.97. The molecule has 28 heavy (non-hydrogen) atoms. The average Bonchev–Trinajstić information content (AvgIpc) is 3.02. The van der Waals surface area contributed by atoms with Crippen LogP contribution in [-0.2, 0) is 20.7 Å². The third kappa shape index (κ3) is 4.37. The summed E-state index contributed by atoms with van der Waals surface area (Å²) in [6.45, 7) is 3.29. The van der Waals surface area contributed by atoms with Gasteiger partial charge in [-0.1, -0.05) is 23.7 Å². The van der Waals surface area contributed by atoms with Gasteiger partial charge in [-0.25, -0.2) is 4.98 Å². The zero-order chi connectivity index (χ0) is 20.3. The summed E-state index contributed by atoms with van der Waals surface area (Å²) in [6, 6.07) is 6.81. The highest BCUT2D eigenvalue weighted by Gasteiger charge is 2.15. The van der Waals surface area contributed by atoms with E-state index in [4.69, 9.17) is 22.1 Å². The van der Waals surface area contributed by atoms with Gasteiger partial charge in [-0.15, -0.1) is 5.10 Å². The minimum absolute atomic E-state index is 0.0957. The molecule has 3 rings (SSSR count). The highest BCUT2D eigenvalue weighted by Crippen LogP contribution is 2.20. The molecule has 2 aromatic heterocycles. The van der Waals surface area contributed by atoms with Crippen molar-refractivity contribution in [2.45, 2.75) is 26.7 Å². The first kappa shape index (κ1) is 19.6. The first-order valence-electron chi connectivity index (χ1n) is 8.53. The van der Waals surface area contributed by atoms with Crippen molar-refractivity contribution in [1.29, 1.82) is 0 Å². The number of benzene rings is 1. The molecule has 0 aliphatic rings. The van der Waals surface area contributed by atoms with Gasteiger partial charge >= 0.3 is 5.97 Å². The number of halogens is 1. The number of nitrogen functional groups attached to an aromatic ring is 1. The number of aryl methyl sites for hydroxylation is 2. The third-order valence-corrected chi connectivity index (χ3v) is 4.49. The van der Waals surface area contributed by atoms with Crippen LogP contribution in [0.3, 0.4) is 0 Å². The third-order valence-electron chi connectivity index (χ3n) is 4.16. The maximum absolute atomic E-state index is 12.0. The maximum atomic E-state index is 12.0. The van der Waals surface area contributed by atoms with Crippen molar-refractivity contribution in [1.82, 2.24) is 19.6 Å². The van der Waals surface area contributed by atoms with E-state index < -0.39 is 11.9 Å². The number of para-hydroxylation sites is 1. The Kier molecular flexibility index (Phi) is 5.74. The van der Waals surface area contributed by atoms with E-state index in [1.165, 1.54) is 0 Å². The second-order valence-corrected chi connectivity index (χ2v) is 6.54. The molecular formula is C18H19ClN6O3. The van der Waals surface area contributed by atoms with Gasteiger partial charge in [0.1, 0.15) is 0 Å². The van der Waals surface area contributed by atoms with Gasteiger partial charge in [0.15, 0.2) is 6.61 Å². The summed E-state index contributed by atoms with van der Waals surface area (Å²) in [6.07, 6.45) is 0.490. The zero-order valence-electron chi connectivity index (χ0n) is 15.4. The van der Waals surface area contributed by atoms with E-state index in [0.717, 1.165) is 17.0 Å². The Hall–Kier alpha value is -3.20. The van der Waals surface area contributed by atoms with Gasteiger partial charge < -0.3 is 15.8 Å². The number of nitrogens with two attached hydrogens (primary N) is 1. The van der Waals surface area contributed by atoms with Gasteiger partial charge in [0, 0.05) is 17.8 Å². The molecule has 0 saturated heterocycles. The number of fused-ring (bicyclic) bond motifs is 1. The van der Waals surface area contributed by atoms with Crippen molar-refractivity contribution in [3.05, 3.63) is 46.2 Å². The molecule has 0 bridgehead atoms. The fourth-order valence-corrected chi connectivity index (χ4v) is 2.96. The second kappa shape index (κ2) is 8.22. The lowest BCUT2D eigenvalue weighted by molar-refractivity contribution is -0.147. The van der Waals surface area contributed by atoms with E-state index in [0.29, 0.717) is 22.9 Å². The van der Waals surface area contributed by atoms with Crippen molar-refractivity contribution in [3.63, 3.8) is 0 Å². The van der Waals surface area contributed by atoms with Crippen molar-refractivity contribution in [3.8, 4) is 0 Å². The van der Waals surface area contributed by atoms with Crippen LogP contribution in [0.5, 0.6) is 0 Å². The fourth-order valence-electron chi connectivity index (χ4n) is 2.78. The molecule has 0 aliphatic carbocycles. The van der Waals surface area contributed by atoms with Crippen LogP contribution in [0.25, 0.3) is 5.78 Å². The summed E-state index contributed by atoms with van der Waals surface area (Å²) in [4.78, 5) is 32.3. The SMILES string of the molecule is Cc1nc2nc(N)nn2c(C)c1CCC(=O)OCC(=O)Nc1ccccc1Cl. The topological polar surface area (TPSA) is 124 Å². The van der Waals surface area contributed by atoms with Crippen LogP contribution in [0.15, 0.2) is 24.3 Å². The summed E-state index contributed by atoms with van der Waals surface area (Å²) in [7, 11) is 0. The maximum Gasteiger partial charge on any atom is 0.306 e. The van der Waals surface area contributed by atoms with Crippen molar-refractivity contribution in [2.75, 3.05) is 17.7 Å². The molecule has 0 fully saturated rings. The molecular weight excluding hydrogens is 384 g/mol. The molecule has 0 aliphatic heterocycles. The van der Waals surface area contributed by atoms with Crippen molar-refractivity contribution in [2.24, 2.45) is 0 Å². The first-order chi connectivity index (χ1) is 13.3. The summed E-state index contributed by atoms with van der Waals surface area (Å²) in [5.74, 6) is -0.410. The molecule has 2 heterocycles. The molecule has 0 saturated carbocycles. The smallest absolute Gasteiger partial charge is 0.306 e. The quantitative estimate of drug-likeness (QED) is 0.605. The van der Waals surface area contributed by atoms with Crippen molar-refractivity contribution < 1.29 is 14.3 Å². The number of carbonyl (C=O) groups is 2. The fraction of sp³-hybridized carbons (Fsp3) is 0.278. The van der Waals surface area contributed by atoms with Crippen LogP contribution in [0.2, 0.25) is 5.02 Å². The Morgan fingerprint density at radius 2 is 2.00 bits per heavy atom. The largest absolute Gasteiger partial charge is 0.456 e. The molecule has 0 unspecified atom stereocenters. The van der Waals surface area contributed by atoms with Gasteiger partial charge in [0.05, 0.1) is 10.7 Å². The van der Waals surface area contributed by atoms with Crippen molar-refractivity contribution >= 4 is 40.9 Å². The Labute approximate surface area is 165 Å². The van der Waals surface area contributed by atoms with E-state index in [1.807, 2.05) is 13.8 Å². The number of amides is 1. The number of nitrogens with one attached hydrogen (secondary N) is 1. The standard InChI is InChI=1S/C18H19ClN6O3/c1-10-12(11(2)25-18(21-10)23-17(20)24-25)7-8-16(27)28-9-15(26)22-14-6-4-3-5-13(14)19/h3-6H,7-9H2,1-2H3,(H2,20,24)(H,22,26). The molecule has 3 N–H and O–H groups in total. The highest BCUT2D eigenvalue weighted by atomic mass is 35.5. The molecule has 0 atom stereocenters. The van der Waals surface area contributed by atoms with Gasteiger partial charge in [-0.3, -0.25) is 9.59 Å². The summed E-state index contributed by atoms with van der Waals surface area (Å²) < 4.78 is 6.58. The first-order valence-corrected chi connectivity index (χ1v) is 8.91. The predicted molar refractivity (Wildman–Crippen MR) is 104 cm³/mol. The van der Waals surface area contributed by atoms with Gasteiger partial charge in [0.2, 0.25) is 5.95 Å². The summed E-state index contributed by atoms with van der Waals surface area (Å²) in [5, 5.41) is 7.09. The molecule has 9 nitrogen and oxygen atoms in total. The minimum atomic E-state index is -0.494. The Balaban J connectivity index is 1.55. The monoisotopic (exact) mass is 402 g/mol. The summed E-state index contributed by atoms with van der Waals surface area (Å²) in [5.41, 5.74) is 8.47. The van der Waals surface area contributed by atoms with Gasteiger partial charge in [-0.05, 0) is 38.0 Å². The molecule has 0 spiro atoms. The van der Waals surface area contributed by atoms with Crippen LogP contribution in [0.1, 0.15) is 23.4 Å². The van der Waals surface area contributed by atoms with Crippen LogP contribution < -0.4 is 11.1 Å². The lowest BCUT2D eigenvalue weighted by Crippen LogP contribution is -2.21. The molecule has 0 radical (unpaired) electrons. The van der Waals surface area contributed by atoms with Gasteiger partial charge in [0.25, 0.3) is 11.7 Å². The molecule has 3 aromatic rings. The number of hydrogen-bond donors (Lipinski definition) is 2. The van der Waals surface area contributed by atoms with E-state index in [1.54, 1.807) is 28.8 Å². The predicted octanol–water partition coefficient (Wildman–Crippen LogP) is 2.09. The Bertz CT molecular complexity index is 1050. The normalized spacial score (nSPS) is 10.8. The minimum Gasteiger partial charge on any atom is -0.456 e. The highest BCUT2D eigenvalue weighted by molar-refractivity contribution is 6.33. The number of nitrogens with zero attached hydrogens (tertiary/aromatic N) is 4. The number of rotatable bonds is 6. The van der Waals surface area contributed by atoms with Crippen LogP contribution in [0, 0.1) is 13.8 Å². The Morgan fingerprint density at radius 3 is 2.75 bits per heavy atom. The van der Waals surface area contributed by atoms with Gasteiger partial charge in [-0.2, -0.15) is 9.50 Å². The molecule has 146 valence electrons. The van der Waals surface area contributed by atoms with Crippen LogP contribution in [0.4, 0.5) is 11.6 Å². The zero-order valence-corrected chi connectivity index (χ0v) is 16.2. The Morgan fingerprint density at radius 1 is 1.25 bits per heavy atom. The second-order valence-electron chi connectivity index (χ2n) is 6.13. The number of carbonyl (C=O) groups excluding carboxylic acids is 2. The molecule has 1 amide bonds. The van der Waals surface area contributed by atoms with E-state index in [2.05, 4.69) is 20.4 Å². The number of hydrogen-bond acceptors (Lipinski definition) is 7. The van der Waals surface area contributed by atoms with E-state index in [9.17, 15) is 9.59 Å². The van der Waals surface area contributed by atoms with E-state index >= 15 is 0 Å². The number of aromatic nitrogens is 4. The average molecular weight is 403 g/mol. The van der Waals surface area contributed by atoms with E-state index in [-0.39, 0.29) is 19.0 Å². The lowest BCUT2D eigenvalue weighted by Gasteiger charge is -2.10. The number of ether oxygens (including phenoxy) is 1. The number of anilines is 2. The lowest BCUT2D eigenvalue weighted by atomic mass is 10.1. The van der Waals surface area contributed by atoms with Crippen LogP contribution in [-0.4, -0.2) is 38.1 Å². The molecule has 1 aromatic carbocycles. The van der Waals surface area contributed by atoms with Crippen LogP contribution >= 0.6 is 11.6 Å². The molecule has 10 heteroatoms.